The lowest BCUT2D eigenvalue weighted by Crippen LogP contribution is -2.38. The maximum Gasteiger partial charge on any atom is 0.254 e. The van der Waals surface area contributed by atoms with Gasteiger partial charge in [-0.05, 0) is 80.9 Å². The van der Waals surface area contributed by atoms with Crippen LogP contribution in [0, 0.1) is 6.92 Å². The van der Waals surface area contributed by atoms with Crippen molar-refractivity contribution in [2.45, 2.75) is 39.8 Å². The number of aromatic nitrogens is 2. The zero-order chi connectivity index (χ0) is 26.4. The smallest absolute Gasteiger partial charge is 0.254 e. The first kappa shape index (κ1) is 25.8. The lowest BCUT2D eigenvalue weighted by atomic mass is 10.1. The van der Waals surface area contributed by atoms with Crippen LogP contribution in [0.15, 0.2) is 78.9 Å². The molecule has 192 valence electrons. The van der Waals surface area contributed by atoms with Crippen LogP contribution in [0.2, 0.25) is 0 Å². The van der Waals surface area contributed by atoms with Crippen LogP contribution in [-0.4, -0.2) is 40.8 Å². The summed E-state index contributed by atoms with van der Waals surface area (Å²) in [5.74, 6) is 2.62. The van der Waals surface area contributed by atoms with Crippen molar-refractivity contribution < 1.29 is 19.0 Å². The van der Waals surface area contributed by atoms with Crippen molar-refractivity contribution in [1.29, 1.82) is 0 Å². The zero-order valence-corrected chi connectivity index (χ0v) is 22.0. The highest BCUT2D eigenvalue weighted by molar-refractivity contribution is 5.94. The van der Waals surface area contributed by atoms with Crippen LogP contribution in [0.5, 0.6) is 23.1 Å². The SMILES string of the molecule is CC[C@@H](C)N(Cc1c(C)nn(-c2ccccc2)c1Oc1ccc(OC)cc1)C(=O)c1ccc(OC)cc1. The molecule has 7 nitrogen and oxygen atoms in total. The Labute approximate surface area is 218 Å². The van der Waals surface area contributed by atoms with E-state index in [0.29, 0.717) is 29.5 Å². The molecule has 0 N–H and O–H groups in total. The summed E-state index contributed by atoms with van der Waals surface area (Å²) in [7, 11) is 3.24. The molecule has 37 heavy (non-hydrogen) atoms. The molecule has 0 spiro atoms. The molecule has 0 aliphatic carbocycles. The Hall–Kier alpha value is -4.26. The van der Waals surface area contributed by atoms with Gasteiger partial charge in [-0.1, -0.05) is 25.1 Å². The quantitative estimate of drug-likeness (QED) is 0.252. The zero-order valence-electron chi connectivity index (χ0n) is 22.0. The molecule has 0 unspecified atom stereocenters. The summed E-state index contributed by atoms with van der Waals surface area (Å²) in [5.41, 5.74) is 3.12. The minimum atomic E-state index is -0.0562. The van der Waals surface area contributed by atoms with E-state index in [-0.39, 0.29) is 11.9 Å². The van der Waals surface area contributed by atoms with Gasteiger partial charge in [-0.3, -0.25) is 4.79 Å². The number of hydrogen-bond donors (Lipinski definition) is 0. The molecule has 3 aromatic carbocycles. The first-order valence-electron chi connectivity index (χ1n) is 12.4. The van der Waals surface area contributed by atoms with Crippen LogP contribution < -0.4 is 14.2 Å². The number of hydrogen-bond acceptors (Lipinski definition) is 5. The first-order valence-corrected chi connectivity index (χ1v) is 12.4. The maximum absolute atomic E-state index is 13.7. The minimum Gasteiger partial charge on any atom is -0.497 e. The standard InChI is InChI=1S/C30H33N3O4/c1-6-21(2)32(29(34)23-12-14-25(35-4)15-13-23)20-28-22(3)31-33(24-10-8-7-9-11-24)30(28)37-27-18-16-26(36-5)17-19-27/h7-19,21H,6,20H2,1-5H3/t21-/m1/s1. The highest BCUT2D eigenvalue weighted by atomic mass is 16.5. The Morgan fingerprint density at radius 2 is 1.46 bits per heavy atom. The van der Waals surface area contributed by atoms with Crippen LogP contribution in [-0.2, 0) is 6.54 Å². The second-order valence-corrected chi connectivity index (χ2v) is 8.81. The number of benzene rings is 3. The van der Waals surface area contributed by atoms with Gasteiger partial charge in [-0.15, -0.1) is 0 Å². The van der Waals surface area contributed by atoms with E-state index in [1.54, 1.807) is 43.2 Å². The van der Waals surface area contributed by atoms with Gasteiger partial charge in [0, 0.05) is 11.6 Å². The molecule has 1 atom stereocenters. The summed E-state index contributed by atoms with van der Waals surface area (Å²) in [6, 6.07) is 24.5. The molecule has 4 rings (SSSR count). The van der Waals surface area contributed by atoms with Crippen molar-refractivity contribution in [2.75, 3.05) is 14.2 Å². The monoisotopic (exact) mass is 499 g/mol. The van der Waals surface area contributed by atoms with E-state index < -0.39 is 0 Å². The Bertz CT molecular complexity index is 1320. The summed E-state index contributed by atoms with van der Waals surface area (Å²) in [4.78, 5) is 15.6. The third-order valence-corrected chi connectivity index (χ3v) is 6.46. The minimum absolute atomic E-state index is 0.00270. The van der Waals surface area contributed by atoms with Gasteiger partial charge in [0.05, 0.1) is 37.7 Å². The lowest BCUT2D eigenvalue weighted by Gasteiger charge is -2.29. The molecule has 1 heterocycles. The number of rotatable bonds is 10. The highest BCUT2D eigenvalue weighted by Crippen LogP contribution is 2.33. The van der Waals surface area contributed by atoms with Crippen LogP contribution in [0.4, 0.5) is 0 Å². The fourth-order valence-electron chi connectivity index (χ4n) is 4.04. The second kappa shape index (κ2) is 11.6. The number of carbonyl (C=O) groups excluding carboxylic acids is 1. The lowest BCUT2D eigenvalue weighted by molar-refractivity contribution is 0.0670. The van der Waals surface area contributed by atoms with Gasteiger partial charge < -0.3 is 19.1 Å². The number of amides is 1. The van der Waals surface area contributed by atoms with Crippen molar-refractivity contribution in [3.63, 3.8) is 0 Å². The third-order valence-electron chi connectivity index (χ3n) is 6.46. The van der Waals surface area contributed by atoms with E-state index in [4.69, 9.17) is 19.3 Å². The Kier molecular flexibility index (Phi) is 8.13. The highest BCUT2D eigenvalue weighted by Gasteiger charge is 2.27. The summed E-state index contributed by atoms with van der Waals surface area (Å²) in [6.45, 7) is 6.43. The summed E-state index contributed by atoms with van der Waals surface area (Å²) < 4.78 is 18.8. The van der Waals surface area contributed by atoms with E-state index >= 15 is 0 Å². The van der Waals surface area contributed by atoms with E-state index in [2.05, 4.69) is 13.8 Å². The number of methoxy groups -OCH3 is 2. The van der Waals surface area contributed by atoms with Gasteiger partial charge in [0.15, 0.2) is 0 Å². The summed E-state index contributed by atoms with van der Waals surface area (Å²) in [6.07, 6.45) is 0.808. The fraction of sp³-hybridized carbons (Fsp3) is 0.267. The Morgan fingerprint density at radius 3 is 2.03 bits per heavy atom. The maximum atomic E-state index is 13.7. The molecule has 7 heteroatoms. The molecular weight excluding hydrogens is 466 g/mol. The molecule has 1 amide bonds. The largest absolute Gasteiger partial charge is 0.497 e. The van der Waals surface area contributed by atoms with E-state index in [1.807, 2.05) is 66.4 Å². The molecule has 0 bridgehead atoms. The van der Waals surface area contributed by atoms with Crippen molar-refractivity contribution in [3.8, 4) is 28.8 Å². The molecule has 0 saturated carbocycles. The number of nitrogens with zero attached hydrogens (tertiary/aromatic N) is 3. The van der Waals surface area contributed by atoms with Crippen LogP contribution in [0.1, 0.15) is 41.9 Å². The van der Waals surface area contributed by atoms with Crippen molar-refractivity contribution >= 4 is 5.91 Å². The molecule has 1 aromatic heterocycles. The van der Waals surface area contributed by atoms with Crippen LogP contribution in [0.25, 0.3) is 5.69 Å². The van der Waals surface area contributed by atoms with Crippen molar-refractivity contribution in [3.05, 3.63) is 95.7 Å². The molecule has 0 saturated heterocycles. The number of ether oxygens (including phenoxy) is 3. The van der Waals surface area contributed by atoms with Gasteiger partial charge >= 0.3 is 0 Å². The number of aryl methyl sites for hydroxylation is 1. The van der Waals surface area contributed by atoms with Gasteiger partial charge in [0.2, 0.25) is 5.88 Å². The molecule has 0 aliphatic rings. The molecule has 4 aromatic rings. The Morgan fingerprint density at radius 1 is 0.892 bits per heavy atom. The van der Waals surface area contributed by atoms with Crippen LogP contribution in [0.3, 0.4) is 0 Å². The number of carbonyl (C=O) groups is 1. The predicted octanol–water partition coefficient (Wildman–Crippen LogP) is 6.43. The predicted molar refractivity (Wildman–Crippen MR) is 144 cm³/mol. The first-order chi connectivity index (χ1) is 17.9. The second-order valence-electron chi connectivity index (χ2n) is 8.81. The van der Waals surface area contributed by atoms with Gasteiger partial charge in [-0.25, -0.2) is 4.68 Å². The topological polar surface area (TPSA) is 65.8 Å². The summed E-state index contributed by atoms with van der Waals surface area (Å²) in [5, 5.41) is 4.82. The molecular formula is C30H33N3O4. The number of para-hydroxylation sites is 1. The molecule has 0 radical (unpaired) electrons. The van der Waals surface area contributed by atoms with E-state index in [0.717, 1.165) is 29.1 Å². The van der Waals surface area contributed by atoms with Crippen molar-refractivity contribution in [2.24, 2.45) is 0 Å². The average molecular weight is 500 g/mol. The van der Waals surface area contributed by atoms with Crippen LogP contribution >= 0.6 is 0 Å². The average Bonchev–Trinajstić information content (AvgIpc) is 3.26. The molecule has 0 aliphatic heterocycles. The fourth-order valence-corrected chi connectivity index (χ4v) is 4.04. The van der Waals surface area contributed by atoms with E-state index in [1.165, 1.54) is 0 Å². The van der Waals surface area contributed by atoms with Crippen molar-refractivity contribution in [1.82, 2.24) is 14.7 Å². The normalized spacial score (nSPS) is 11.6. The van der Waals surface area contributed by atoms with Gasteiger partial charge in [0.25, 0.3) is 5.91 Å². The third kappa shape index (κ3) is 5.77. The van der Waals surface area contributed by atoms with Gasteiger partial charge in [-0.2, -0.15) is 5.10 Å². The van der Waals surface area contributed by atoms with Gasteiger partial charge in [0.1, 0.15) is 17.2 Å². The van der Waals surface area contributed by atoms with E-state index in [9.17, 15) is 4.79 Å². The molecule has 0 fully saturated rings. The Balaban J connectivity index is 1.75. The summed E-state index contributed by atoms with van der Waals surface area (Å²) >= 11 is 0.